The SMILES string of the molecule is Cc1nc(-c2ccc(F)cc2)sc1C(=O)N[C@H](C)C(=O)O. The number of carbonyl (C=O) groups is 2. The standard InChI is InChI=1S/C14H13FN2O3S/c1-7-11(12(18)16-8(2)14(19)20)21-13(17-7)9-3-5-10(15)6-4-9/h3-6,8H,1-2H3,(H,16,18)(H,19,20)/t8-/m1/s1. The Hall–Kier alpha value is -2.28. The first-order valence-corrected chi connectivity index (χ1v) is 6.97. The van der Waals surface area contributed by atoms with Gasteiger partial charge in [-0.2, -0.15) is 0 Å². The van der Waals surface area contributed by atoms with E-state index in [1.807, 2.05) is 0 Å². The number of nitrogens with one attached hydrogen (secondary N) is 1. The zero-order valence-corrected chi connectivity index (χ0v) is 12.2. The molecule has 1 aromatic heterocycles. The van der Waals surface area contributed by atoms with Gasteiger partial charge >= 0.3 is 5.97 Å². The number of aromatic nitrogens is 1. The molecule has 0 aliphatic rings. The van der Waals surface area contributed by atoms with Crippen LogP contribution in [0.1, 0.15) is 22.3 Å². The normalized spacial score (nSPS) is 12.0. The van der Waals surface area contributed by atoms with Crippen molar-refractivity contribution in [3.8, 4) is 10.6 Å². The summed E-state index contributed by atoms with van der Waals surface area (Å²) >= 11 is 1.14. The summed E-state index contributed by atoms with van der Waals surface area (Å²) in [6.45, 7) is 3.06. The molecule has 1 heterocycles. The van der Waals surface area contributed by atoms with Crippen molar-refractivity contribution in [2.24, 2.45) is 0 Å². The first-order chi connectivity index (χ1) is 9.88. The Kier molecular flexibility index (Phi) is 4.32. The minimum atomic E-state index is -1.11. The number of carboxylic acids is 1. The van der Waals surface area contributed by atoms with Crippen molar-refractivity contribution in [1.29, 1.82) is 0 Å². The Labute approximate surface area is 124 Å². The first-order valence-electron chi connectivity index (χ1n) is 6.15. The number of halogens is 1. The number of aryl methyl sites for hydroxylation is 1. The van der Waals surface area contributed by atoms with Gasteiger partial charge < -0.3 is 10.4 Å². The summed E-state index contributed by atoms with van der Waals surface area (Å²) in [5.41, 5.74) is 1.21. The number of rotatable bonds is 4. The van der Waals surface area contributed by atoms with Crippen LogP contribution in [0.5, 0.6) is 0 Å². The highest BCUT2D eigenvalue weighted by Gasteiger charge is 2.20. The van der Waals surface area contributed by atoms with E-state index in [9.17, 15) is 14.0 Å². The molecule has 0 spiro atoms. The molecule has 0 saturated carbocycles. The second-order valence-corrected chi connectivity index (χ2v) is 5.47. The van der Waals surface area contributed by atoms with Crippen molar-refractivity contribution >= 4 is 23.2 Å². The number of nitrogens with zero attached hydrogens (tertiary/aromatic N) is 1. The van der Waals surface area contributed by atoms with E-state index in [2.05, 4.69) is 10.3 Å². The van der Waals surface area contributed by atoms with Crippen LogP contribution >= 0.6 is 11.3 Å². The number of aliphatic carboxylic acids is 1. The Balaban J connectivity index is 2.25. The highest BCUT2D eigenvalue weighted by molar-refractivity contribution is 7.17. The maximum atomic E-state index is 12.9. The van der Waals surface area contributed by atoms with Gasteiger partial charge in [0, 0.05) is 5.56 Å². The molecule has 0 saturated heterocycles. The summed E-state index contributed by atoms with van der Waals surface area (Å²) in [5.74, 6) is -1.93. The van der Waals surface area contributed by atoms with Gasteiger partial charge in [0.1, 0.15) is 21.7 Å². The van der Waals surface area contributed by atoms with Gasteiger partial charge in [0.25, 0.3) is 5.91 Å². The summed E-state index contributed by atoms with van der Waals surface area (Å²) in [7, 11) is 0. The van der Waals surface area contributed by atoms with Gasteiger partial charge in [-0.25, -0.2) is 9.37 Å². The molecule has 110 valence electrons. The first kappa shape index (κ1) is 15.1. The van der Waals surface area contributed by atoms with E-state index in [1.165, 1.54) is 19.1 Å². The van der Waals surface area contributed by atoms with Crippen molar-refractivity contribution in [2.45, 2.75) is 19.9 Å². The average molecular weight is 308 g/mol. The molecule has 1 aromatic carbocycles. The van der Waals surface area contributed by atoms with Gasteiger partial charge in [-0.05, 0) is 38.1 Å². The van der Waals surface area contributed by atoms with Crippen molar-refractivity contribution in [3.63, 3.8) is 0 Å². The predicted molar refractivity (Wildman–Crippen MR) is 76.8 cm³/mol. The van der Waals surface area contributed by atoms with Gasteiger partial charge in [-0.1, -0.05) is 0 Å². The molecule has 2 aromatic rings. The van der Waals surface area contributed by atoms with Crippen LogP contribution < -0.4 is 5.32 Å². The summed E-state index contributed by atoms with van der Waals surface area (Å²) in [6.07, 6.45) is 0. The molecular formula is C14H13FN2O3S. The summed E-state index contributed by atoms with van der Waals surface area (Å²) in [6, 6.07) is 4.81. The van der Waals surface area contributed by atoms with Crippen LogP contribution in [0.2, 0.25) is 0 Å². The Morgan fingerprint density at radius 1 is 1.33 bits per heavy atom. The zero-order chi connectivity index (χ0) is 15.6. The minimum Gasteiger partial charge on any atom is -0.480 e. The molecule has 1 amide bonds. The van der Waals surface area contributed by atoms with Gasteiger partial charge in [0.2, 0.25) is 0 Å². The van der Waals surface area contributed by atoms with Crippen LogP contribution in [0.4, 0.5) is 4.39 Å². The monoisotopic (exact) mass is 308 g/mol. The van der Waals surface area contributed by atoms with Crippen molar-refractivity contribution < 1.29 is 19.1 Å². The number of amides is 1. The van der Waals surface area contributed by atoms with E-state index in [0.29, 0.717) is 21.1 Å². The largest absolute Gasteiger partial charge is 0.480 e. The van der Waals surface area contributed by atoms with E-state index in [1.54, 1.807) is 19.1 Å². The number of benzene rings is 1. The number of carbonyl (C=O) groups excluding carboxylic acids is 1. The van der Waals surface area contributed by atoms with Crippen LogP contribution in [-0.4, -0.2) is 28.0 Å². The lowest BCUT2D eigenvalue weighted by Gasteiger charge is -2.07. The third-order valence-corrected chi connectivity index (χ3v) is 4.02. The minimum absolute atomic E-state index is 0.347. The maximum Gasteiger partial charge on any atom is 0.325 e. The fourth-order valence-corrected chi connectivity index (χ4v) is 2.62. The van der Waals surface area contributed by atoms with Crippen LogP contribution in [0, 0.1) is 12.7 Å². The Morgan fingerprint density at radius 2 is 1.95 bits per heavy atom. The second-order valence-electron chi connectivity index (χ2n) is 4.47. The third kappa shape index (κ3) is 3.43. The summed E-state index contributed by atoms with van der Waals surface area (Å²) < 4.78 is 12.9. The van der Waals surface area contributed by atoms with Gasteiger partial charge in [0.05, 0.1) is 5.69 Å². The lowest BCUT2D eigenvalue weighted by molar-refractivity contribution is -0.138. The Morgan fingerprint density at radius 3 is 2.52 bits per heavy atom. The van der Waals surface area contributed by atoms with Gasteiger partial charge in [0.15, 0.2) is 0 Å². The highest BCUT2D eigenvalue weighted by atomic mass is 32.1. The van der Waals surface area contributed by atoms with Crippen molar-refractivity contribution in [1.82, 2.24) is 10.3 Å². The maximum absolute atomic E-state index is 12.9. The average Bonchev–Trinajstić information content (AvgIpc) is 2.81. The number of carboxylic acid groups (broad SMARTS) is 1. The molecule has 0 unspecified atom stereocenters. The highest BCUT2D eigenvalue weighted by Crippen LogP contribution is 2.28. The molecule has 0 bridgehead atoms. The van der Waals surface area contributed by atoms with Crippen molar-refractivity contribution in [2.75, 3.05) is 0 Å². The van der Waals surface area contributed by atoms with Crippen LogP contribution in [0.3, 0.4) is 0 Å². The molecule has 2 N–H and O–H groups in total. The molecule has 5 nitrogen and oxygen atoms in total. The van der Waals surface area contributed by atoms with Gasteiger partial charge in [-0.15, -0.1) is 11.3 Å². The predicted octanol–water partition coefficient (Wildman–Crippen LogP) is 2.46. The molecule has 1 atom stereocenters. The van der Waals surface area contributed by atoms with Crippen molar-refractivity contribution in [3.05, 3.63) is 40.7 Å². The molecule has 7 heteroatoms. The quantitative estimate of drug-likeness (QED) is 0.909. The van der Waals surface area contributed by atoms with Crippen LogP contribution in [0.25, 0.3) is 10.6 Å². The zero-order valence-electron chi connectivity index (χ0n) is 11.4. The lowest BCUT2D eigenvalue weighted by Crippen LogP contribution is -2.38. The van der Waals surface area contributed by atoms with E-state index in [0.717, 1.165) is 11.3 Å². The summed E-state index contributed by atoms with van der Waals surface area (Å²) in [5, 5.41) is 11.8. The Bertz CT molecular complexity index is 682. The topological polar surface area (TPSA) is 79.3 Å². The smallest absolute Gasteiger partial charge is 0.325 e. The fraction of sp³-hybridized carbons (Fsp3) is 0.214. The van der Waals surface area contributed by atoms with Crippen LogP contribution in [0.15, 0.2) is 24.3 Å². The molecule has 0 aliphatic carbocycles. The van der Waals surface area contributed by atoms with E-state index in [-0.39, 0.29) is 5.82 Å². The van der Waals surface area contributed by atoms with Crippen LogP contribution in [-0.2, 0) is 4.79 Å². The molecule has 0 aliphatic heterocycles. The number of hydrogen-bond acceptors (Lipinski definition) is 4. The summed E-state index contributed by atoms with van der Waals surface area (Å²) in [4.78, 5) is 27.4. The third-order valence-electron chi connectivity index (χ3n) is 2.81. The molecule has 0 fully saturated rings. The number of thiazole rings is 1. The fourth-order valence-electron chi connectivity index (χ4n) is 1.65. The molecular weight excluding hydrogens is 295 g/mol. The molecule has 21 heavy (non-hydrogen) atoms. The van der Waals surface area contributed by atoms with E-state index in [4.69, 9.17) is 5.11 Å². The van der Waals surface area contributed by atoms with E-state index >= 15 is 0 Å². The number of hydrogen-bond donors (Lipinski definition) is 2. The molecule has 2 rings (SSSR count). The van der Waals surface area contributed by atoms with Gasteiger partial charge in [-0.3, -0.25) is 9.59 Å². The van der Waals surface area contributed by atoms with E-state index < -0.39 is 17.9 Å². The second kappa shape index (κ2) is 6.01. The molecule has 0 radical (unpaired) electrons. The lowest BCUT2D eigenvalue weighted by atomic mass is 10.2.